The van der Waals surface area contributed by atoms with Crippen molar-refractivity contribution in [3.8, 4) is 5.75 Å². The van der Waals surface area contributed by atoms with Crippen LogP contribution in [0.5, 0.6) is 5.75 Å². The van der Waals surface area contributed by atoms with E-state index in [4.69, 9.17) is 9.84 Å². The minimum Gasteiger partial charge on any atom is -0.497 e. The largest absolute Gasteiger partial charge is 0.497 e. The molecule has 0 spiro atoms. The van der Waals surface area contributed by atoms with Crippen molar-refractivity contribution in [1.29, 1.82) is 0 Å². The van der Waals surface area contributed by atoms with Crippen LogP contribution in [-0.2, 0) is 20.8 Å². The third kappa shape index (κ3) is 7.03. The highest BCUT2D eigenvalue weighted by atomic mass is 16.5. The van der Waals surface area contributed by atoms with Gasteiger partial charge in [-0.25, -0.2) is 0 Å². The van der Waals surface area contributed by atoms with Gasteiger partial charge in [0.15, 0.2) is 0 Å². The van der Waals surface area contributed by atoms with Crippen molar-refractivity contribution in [2.45, 2.75) is 38.0 Å². The molecule has 176 valence electrons. The van der Waals surface area contributed by atoms with Crippen LogP contribution < -0.4 is 10.1 Å². The zero-order valence-electron chi connectivity index (χ0n) is 18.9. The van der Waals surface area contributed by atoms with Crippen LogP contribution in [0.3, 0.4) is 0 Å². The number of rotatable bonds is 10. The van der Waals surface area contributed by atoms with Crippen LogP contribution in [0.2, 0.25) is 0 Å². The summed E-state index contributed by atoms with van der Waals surface area (Å²) < 4.78 is 5.23. The Morgan fingerprint density at radius 1 is 1.09 bits per heavy atom. The Kier molecular flexibility index (Phi) is 8.80. The highest BCUT2D eigenvalue weighted by Gasteiger charge is 2.33. The van der Waals surface area contributed by atoms with E-state index in [9.17, 15) is 14.4 Å². The summed E-state index contributed by atoms with van der Waals surface area (Å²) >= 11 is 0. The van der Waals surface area contributed by atoms with Gasteiger partial charge in [0.2, 0.25) is 11.8 Å². The van der Waals surface area contributed by atoms with Gasteiger partial charge in [-0.15, -0.1) is 0 Å². The lowest BCUT2D eigenvalue weighted by Gasteiger charge is -2.36. The predicted molar refractivity (Wildman–Crippen MR) is 123 cm³/mol. The average Bonchev–Trinajstić information content (AvgIpc) is 2.84. The number of hydrogen-bond donors (Lipinski definition) is 2. The smallest absolute Gasteiger partial charge is 0.305 e. The molecule has 2 aromatic rings. The molecular weight excluding hydrogens is 422 g/mol. The van der Waals surface area contributed by atoms with Gasteiger partial charge in [-0.1, -0.05) is 12.1 Å². The van der Waals surface area contributed by atoms with Gasteiger partial charge >= 0.3 is 5.97 Å². The van der Waals surface area contributed by atoms with Gasteiger partial charge in [-0.3, -0.25) is 19.4 Å². The Morgan fingerprint density at radius 3 is 2.36 bits per heavy atom. The Balaban J connectivity index is 1.61. The van der Waals surface area contributed by atoms with Crippen molar-refractivity contribution < 1.29 is 24.2 Å². The summed E-state index contributed by atoms with van der Waals surface area (Å²) in [6.07, 6.45) is 5.89. The molecule has 2 heterocycles. The molecular formula is C25H31N3O5. The number of carboxylic acid groups (broad SMARTS) is 1. The zero-order valence-corrected chi connectivity index (χ0v) is 18.9. The molecule has 0 aliphatic carbocycles. The number of carboxylic acids is 1. The average molecular weight is 454 g/mol. The Hall–Kier alpha value is -3.42. The summed E-state index contributed by atoms with van der Waals surface area (Å²) in [5, 5.41) is 11.7. The first-order valence-corrected chi connectivity index (χ1v) is 11.3. The van der Waals surface area contributed by atoms with Crippen LogP contribution in [0.4, 0.5) is 0 Å². The molecule has 2 amide bonds. The van der Waals surface area contributed by atoms with Crippen LogP contribution in [0.15, 0.2) is 48.8 Å². The van der Waals surface area contributed by atoms with E-state index in [-0.39, 0.29) is 30.7 Å². The number of aryl methyl sites for hydroxylation is 1. The number of pyridine rings is 1. The maximum Gasteiger partial charge on any atom is 0.305 e. The Morgan fingerprint density at radius 2 is 1.76 bits per heavy atom. The van der Waals surface area contributed by atoms with Crippen molar-refractivity contribution in [2.75, 3.05) is 26.7 Å². The third-order valence-corrected chi connectivity index (χ3v) is 6.14. The number of ether oxygens (including phenoxy) is 1. The molecule has 2 N–H and O–H groups in total. The van der Waals surface area contributed by atoms with Crippen LogP contribution in [0, 0.1) is 5.92 Å². The number of carbonyl (C=O) groups excluding carboxylic acids is 2. The normalized spacial score (nSPS) is 15.0. The third-order valence-electron chi connectivity index (χ3n) is 6.14. The maximum absolute atomic E-state index is 13.0. The number of nitrogens with one attached hydrogen (secondary N) is 1. The van der Waals surface area contributed by atoms with Crippen molar-refractivity contribution in [3.05, 3.63) is 59.9 Å². The summed E-state index contributed by atoms with van der Waals surface area (Å²) in [7, 11) is 1.59. The standard InChI is InChI=1S/C25H31N3O5/c1-33-21-5-3-19(4-6-21)24(25(32)27-15-10-23(30)31)20-11-16-28(17-12-20)22(29)7-2-18-8-13-26-14-9-18/h3-6,8-9,13-14,20,24H,2,7,10-12,15-17H2,1H3,(H,27,32)(H,30,31)/t24-/m1/s1. The van der Waals surface area contributed by atoms with Crippen LogP contribution in [0.1, 0.15) is 42.7 Å². The number of methoxy groups -OCH3 is 1. The lowest BCUT2D eigenvalue weighted by atomic mass is 9.79. The molecule has 1 aromatic heterocycles. The number of carbonyl (C=O) groups is 3. The van der Waals surface area contributed by atoms with Crippen LogP contribution >= 0.6 is 0 Å². The van der Waals surface area contributed by atoms with E-state index in [1.54, 1.807) is 19.5 Å². The predicted octanol–water partition coefficient (Wildman–Crippen LogP) is 2.64. The molecule has 0 saturated carbocycles. The number of likely N-dealkylation sites (tertiary alicyclic amines) is 1. The van der Waals surface area contributed by atoms with E-state index >= 15 is 0 Å². The molecule has 1 atom stereocenters. The Labute approximate surface area is 194 Å². The van der Waals surface area contributed by atoms with Gasteiger partial charge in [-0.05, 0) is 60.6 Å². The van der Waals surface area contributed by atoms with Gasteiger partial charge in [-0.2, -0.15) is 0 Å². The van der Waals surface area contributed by atoms with Crippen LogP contribution in [0.25, 0.3) is 0 Å². The summed E-state index contributed by atoms with van der Waals surface area (Å²) in [5.74, 6) is -0.638. The number of benzene rings is 1. The van der Waals surface area contributed by atoms with Crippen molar-refractivity contribution in [2.24, 2.45) is 5.92 Å². The van der Waals surface area contributed by atoms with Crippen molar-refractivity contribution in [1.82, 2.24) is 15.2 Å². The molecule has 8 nitrogen and oxygen atoms in total. The lowest BCUT2D eigenvalue weighted by molar-refractivity contribution is -0.137. The topological polar surface area (TPSA) is 109 Å². The monoisotopic (exact) mass is 453 g/mol. The van der Waals surface area contributed by atoms with E-state index in [0.717, 1.165) is 11.1 Å². The van der Waals surface area contributed by atoms with Gasteiger partial charge in [0.1, 0.15) is 5.75 Å². The van der Waals surface area contributed by atoms with E-state index < -0.39 is 11.9 Å². The molecule has 0 radical (unpaired) electrons. The van der Waals surface area contributed by atoms with E-state index in [2.05, 4.69) is 10.3 Å². The maximum atomic E-state index is 13.0. The number of amides is 2. The Bertz CT molecular complexity index is 925. The number of nitrogens with zero attached hydrogens (tertiary/aromatic N) is 2. The van der Waals surface area contributed by atoms with Gasteiger partial charge in [0, 0.05) is 38.4 Å². The van der Waals surface area contributed by atoms with Gasteiger partial charge in [0.25, 0.3) is 0 Å². The highest BCUT2D eigenvalue weighted by Crippen LogP contribution is 2.34. The molecule has 1 saturated heterocycles. The number of hydrogen-bond acceptors (Lipinski definition) is 5. The molecule has 1 aliphatic heterocycles. The molecule has 8 heteroatoms. The number of aliphatic carboxylic acids is 1. The van der Waals surface area contributed by atoms with Gasteiger partial charge < -0.3 is 20.1 Å². The van der Waals surface area contributed by atoms with E-state index in [0.29, 0.717) is 44.5 Å². The minimum absolute atomic E-state index is 0.0625. The second-order valence-electron chi connectivity index (χ2n) is 8.26. The van der Waals surface area contributed by atoms with Gasteiger partial charge in [0.05, 0.1) is 19.4 Å². The molecule has 1 aliphatic rings. The second kappa shape index (κ2) is 12.0. The summed E-state index contributed by atoms with van der Waals surface area (Å²) in [6, 6.07) is 11.2. The summed E-state index contributed by atoms with van der Waals surface area (Å²) in [5.41, 5.74) is 1.96. The first kappa shape index (κ1) is 24.2. The quantitative estimate of drug-likeness (QED) is 0.573. The molecule has 1 aromatic carbocycles. The van der Waals surface area contributed by atoms with Crippen LogP contribution in [-0.4, -0.2) is 59.5 Å². The first-order valence-electron chi connectivity index (χ1n) is 11.3. The van der Waals surface area contributed by atoms with E-state index in [1.165, 1.54) is 0 Å². The van der Waals surface area contributed by atoms with Crippen molar-refractivity contribution in [3.63, 3.8) is 0 Å². The first-order chi connectivity index (χ1) is 16.0. The molecule has 1 fully saturated rings. The molecule has 33 heavy (non-hydrogen) atoms. The fraction of sp³-hybridized carbons (Fsp3) is 0.440. The lowest BCUT2D eigenvalue weighted by Crippen LogP contribution is -2.43. The summed E-state index contributed by atoms with van der Waals surface area (Å²) in [6.45, 7) is 1.30. The fourth-order valence-electron chi connectivity index (χ4n) is 4.29. The zero-order chi connectivity index (χ0) is 23.6. The van der Waals surface area contributed by atoms with E-state index in [1.807, 2.05) is 41.3 Å². The summed E-state index contributed by atoms with van der Waals surface area (Å²) in [4.78, 5) is 42.4. The fourth-order valence-corrected chi connectivity index (χ4v) is 4.29. The molecule has 3 rings (SSSR count). The van der Waals surface area contributed by atoms with Crippen molar-refractivity contribution >= 4 is 17.8 Å². The molecule has 0 unspecified atom stereocenters. The number of piperidine rings is 1. The highest BCUT2D eigenvalue weighted by molar-refractivity contribution is 5.84. The number of aromatic nitrogens is 1. The SMILES string of the molecule is COc1ccc([C@@H](C(=O)NCCC(=O)O)C2CCN(C(=O)CCc3ccncc3)CC2)cc1. The molecule has 0 bridgehead atoms. The minimum atomic E-state index is -0.949. The second-order valence-corrected chi connectivity index (χ2v) is 8.26.